The number of fused-ring (bicyclic) bond motifs is 1. The molecular formula is C26H24FNO5S. The number of benzene rings is 3. The van der Waals surface area contributed by atoms with Gasteiger partial charge in [-0.15, -0.1) is 0 Å². The van der Waals surface area contributed by atoms with Crippen molar-refractivity contribution in [3.63, 3.8) is 0 Å². The second-order valence-corrected chi connectivity index (χ2v) is 9.72. The summed E-state index contributed by atoms with van der Waals surface area (Å²) in [5, 5.41) is 0.172. The highest BCUT2D eigenvalue weighted by atomic mass is 32.2. The summed E-state index contributed by atoms with van der Waals surface area (Å²) in [6.45, 7) is 2.19. The highest BCUT2D eigenvalue weighted by molar-refractivity contribution is 7.91. The molecule has 0 atom stereocenters. The summed E-state index contributed by atoms with van der Waals surface area (Å²) in [4.78, 5) is 13.1. The van der Waals surface area contributed by atoms with Crippen LogP contribution in [-0.2, 0) is 22.8 Å². The molecule has 0 saturated heterocycles. The largest absolute Gasteiger partial charge is 0.493 e. The highest BCUT2D eigenvalue weighted by Crippen LogP contribution is 2.32. The Bertz CT molecular complexity index is 1510. The fraction of sp³-hybridized carbons (Fsp3) is 0.192. The lowest BCUT2D eigenvalue weighted by Gasteiger charge is -2.16. The van der Waals surface area contributed by atoms with Crippen molar-refractivity contribution in [2.45, 2.75) is 29.7 Å². The maximum Gasteiger partial charge on any atom is 0.211 e. The minimum absolute atomic E-state index is 0.0370. The normalized spacial score (nSPS) is 11.5. The number of hydrogen-bond donors (Lipinski definition) is 0. The van der Waals surface area contributed by atoms with Gasteiger partial charge in [0, 0.05) is 18.8 Å². The van der Waals surface area contributed by atoms with E-state index in [-0.39, 0.29) is 27.5 Å². The van der Waals surface area contributed by atoms with Crippen LogP contribution in [0.25, 0.3) is 10.9 Å². The summed E-state index contributed by atoms with van der Waals surface area (Å²) in [6.07, 6.45) is 2.10. The van der Waals surface area contributed by atoms with Gasteiger partial charge in [-0.3, -0.25) is 4.79 Å². The Hall–Kier alpha value is -3.65. The van der Waals surface area contributed by atoms with Crippen LogP contribution < -0.4 is 14.9 Å². The molecule has 4 aromatic rings. The lowest BCUT2D eigenvalue weighted by atomic mass is 10.1. The number of sulfone groups is 1. The molecule has 8 heteroatoms. The molecule has 0 amide bonds. The second kappa shape index (κ2) is 9.30. The van der Waals surface area contributed by atoms with E-state index in [2.05, 4.69) is 0 Å². The molecule has 0 spiro atoms. The number of nitrogens with zero attached hydrogens (tertiary/aromatic N) is 1. The quantitative estimate of drug-likeness (QED) is 0.386. The van der Waals surface area contributed by atoms with Crippen LogP contribution >= 0.6 is 0 Å². The molecule has 34 heavy (non-hydrogen) atoms. The van der Waals surface area contributed by atoms with Crippen molar-refractivity contribution >= 4 is 20.7 Å². The molecule has 0 fully saturated rings. The van der Waals surface area contributed by atoms with Crippen LogP contribution in [-0.4, -0.2) is 27.2 Å². The number of aromatic nitrogens is 1. The van der Waals surface area contributed by atoms with E-state index in [1.165, 1.54) is 50.7 Å². The maximum atomic E-state index is 13.5. The average Bonchev–Trinajstić information content (AvgIpc) is 2.86. The number of rotatable bonds is 7. The first-order chi connectivity index (χ1) is 16.3. The summed E-state index contributed by atoms with van der Waals surface area (Å²) in [5.41, 5.74) is 1.55. The minimum Gasteiger partial charge on any atom is -0.493 e. The molecule has 1 aromatic heterocycles. The highest BCUT2D eigenvalue weighted by Gasteiger charge is 2.25. The lowest BCUT2D eigenvalue weighted by Crippen LogP contribution is -2.20. The second-order valence-electron chi connectivity index (χ2n) is 7.80. The monoisotopic (exact) mass is 481 g/mol. The van der Waals surface area contributed by atoms with Gasteiger partial charge >= 0.3 is 0 Å². The van der Waals surface area contributed by atoms with E-state index < -0.39 is 15.3 Å². The Morgan fingerprint density at radius 1 is 0.882 bits per heavy atom. The molecule has 3 aromatic carbocycles. The number of methoxy groups -OCH3 is 2. The Balaban J connectivity index is 1.98. The van der Waals surface area contributed by atoms with Gasteiger partial charge in [0.2, 0.25) is 15.3 Å². The van der Waals surface area contributed by atoms with Crippen LogP contribution in [0.15, 0.2) is 81.4 Å². The zero-order valence-corrected chi connectivity index (χ0v) is 19.9. The molecule has 0 unspecified atom stereocenters. The van der Waals surface area contributed by atoms with Crippen LogP contribution in [0.2, 0.25) is 0 Å². The van der Waals surface area contributed by atoms with Crippen molar-refractivity contribution in [2.24, 2.45) is 0 Å². The van der Waals surface area contributed by atoms with Crippen molar-refractivity contribution in [1.82, 2.24) is 4.57 Å². The van der Waals surface area contributed by atoms with Crippen molar-refractivity contribution in [2.75, 3.05) is 14.2 Å². The summed E-state index contributed by atoms with van der Waals surface area (Å²) in [7, 11) is -1.19. The van der Waals surface area contributed by atoms with Crippen molar-refractivity contribution in [3.8, 4) is 11.5 Å². The standard InChI is InChI=1S/C26H24FNO5S/c1-4-17-7-11-20(12-8-17)34(30,31)25-16-28(15-18-5-9-19(27)10-6-18)22-14-24(33-3)23(32-2)13-21(22)26(25)29/h5-14,16H,4,15H2,1-3H3. The van der Waals surface area contributed by atoms with Crippen LogP contribution in [0.5, 0.6) is 11.5 Å². The molecule has 0 bridgehead atoms. The Morgan fingerprint density at radius 3 is 2.06 bits per heavy atom. The van der Waals surface area contributed by atoms with Gasteiger partial charge in [0.1, 0.15) is 10.7 Å². The SMILES string of the molecule is CCc1ccc(S(=O)(=O)c2cn(Cc3ccc(F)cc3)c3cc(OC)c(OC)cc3c2=O)cc1. The van der Waals surface area contributed by atoms with Crippen molar-refractivity contribution in [3.05, 3.63) is 94.0 Å². The Morgan fingerprint density at radius 2 is 1.47 bits per heavy atom. The molecule has 6 nitrogen and oxygen atoms in total. The minimum atomic E-state index is -4.11. The van der Waals surface area contributed by atoms with Gasteiger partial charge in [-0.05, 0) is 47.9 Å². The van der Waals surface area contributed by atoms with Gasteiger partial charge < -0.3 is 14.0 Å². The van der Waals surface area contributed by atoms with Crippen LogP contribution in [0.4, 0.5) is 4.39 Å². The van der Waals surface area contributed by atoms with E-state index in [0.29, 0.717) is 17.0 Å². The molecule has 176 valence electrons. The molecule has 0 aliphatic carbocycles. The zero-order chi connectivity index (χ0) is 24.5. The van der Waals surface area contributed by atoms with Gasteiger partial charge in [-0.1, -0.05) is 31.2 Å². The molecule has 0 N–H and O–H groups in total. The topological polar surface area (TPSA) is 74.6 Å². The van der Waals surface area contributed by atoms with Gasteiger partial charge in [-0.2, -0.15) is 0 Å². The van der Waals surface area contributed by atoms with Gasteiger partial charge in [0.15, 0.2) is 11.5 Å². The van der Waals surface area contributed by atoms with Gasteiger partial charge in [-0.25, -0.2) is 12.8 Å². The number of halogens is 1. The molecule has 0 aliphatic rings. The van der Waals surface area contributed by atoms with Crippen LogP contribution in [0.1, 0.15) is 18.1 Å². The van der Waals surface area contributed by atoms with Gasteiger partial charge in [0.25, 0.3) is 0 Å². The Labute approximate surface area is 197 Å². The number of hydrogen-bond acceptors (Lipinski definition) is 5. The molecular weight excluding hydrogens is 457 g/mol. The first-order valence-corrected chi connectivity index (χ1v) is 12.1. The first-order valence-electron chi connectivity index (χ1n) is 10.7. The van der Waals surface area contributed by atoms with E-state index in [1.54, 1.807) is 34.9 Å². The average molecular weight is 482 g/mol. The van der Waals surface area contributed by atoms with Gasteiger partial charge in [0.05, 0.1) is 30.0 Å². The van der Waals surface area contributed by atoms with Crippen LogP contribution in [0.3, 0.4) is 0 Å². The predicted molar refractivity (Wildman–Crippen MR) is 128 cm³/mol. The Kier molecular flexibility index (Phi) is 6.43. The fourth-order valence-corrected chi connectivity index (χ4v) is 5.20. The van der Waals surface area contributed by atoms with Crippen molar-refractivity contribution in [1.29, 1.82) is 0 Å². The predicted octanol–water partition coefficient (Wildman–Crippen LogP) is 4.60. The number of ether oxygens (including phenoxy) is 2. The number of aryl methyl sites for hydroxylation is 1. The van der Waals surface area contributed by atoms with Crippen LogP contribution in [0, 0.1) is 5.82 Å². The molecule has 0 saturated carbocycles. The van der Waals surface area contributed by atoms with E-state index in [0.717, 1.165) is 17.5 Å². The fourth-order valence-electron chi connectivity index (χ4n) is 3.83. The van der Waals surface area contributed by atoms with E-state index in [1.807, 2.05) is 6.92 Å². The third kappa shape index (κ3) is 4.28. The molecule has 4 rings (SSSR count). The van der Waals surface area contributed by atoms with E-state index in [9.17, 15) is 17.6 Å². The molecule has 0 aliphatic heterocycles. The maximum absolute atomic E-state index is 13.5. The summed E-state index contributed by atoms with van der Waals surface area (Å²) < 4.78 is 52.8. The number of pyridine rings is 1. The summed E-state index contributed by atoms with van der Waals surface area (Å²) in [5.74, 6) is 0.328. The molecule has 1 heterocycles. The lowest BCUT2D eigenvalue weighted by molar-refractivity contribution is 0.355. The summed E-state index contributed by atoms with van der Waals surface area (Å²) in [6, 6.07) is 15.5. The third-order valence-electron chi connectivity index (χ3n) is 5.75. The first kappa shape index (κ1) is 23.5. The summed E-state index contributed by atoms with van der Waals surface area (Å²) >= 11 is 0. The van der Waals surface area contributed by atoms with E-state index >= 15 is 0 Å². The molecule has 0 radical (unpaired) electrons. The van der Waals surface area contributed by atoms with E-state index in [4.69, 9.17) is 9.47 Å². The third-order valence-corrected chi connectivity index (χ3v) is 7.51. The van der Waals surface area contributed by atoms with Crippen molar-refractivity contribution < 1.29 is 22.3 Å². The zero-order valence-electron chi connectivity index (χ0n) is 19.0. The smallest absolute Gasteiger partial charge is 0.211 e.